The number of anilines is 1. The largest absolute Gasteiger partial charge is 0.348 e. The highest BCUT2D eigenvalue weighted by Crippen LogP contribution is 2.17. The predicted octanol–water partition coefficient (Wildman–Crippen LogP) is 1.43. The van der Waals surface area contributed by atoms with Gasteiger partial charge in [0.05, 0.1) is 5.69 Å². The van der Waals surface area contributed by atoms with E-state index in [1.807, 2.05) is 42.6 Å². The molecule has 0 atom stereocenters. The second-order valence-corrected chi connectivity index (χ2v) is 6.92. The van der Waals surface area contributed by atoms with Crippen LogP contribution in [0.5, 0.6) is 0 Å². The van der Waals surface area contributed by atoms with E-state index in [-0.39, 0.29) is 17.5 Å². The number of aromatic amines is 1. The van der Waals surface area contributed by atoms with Gasteiger partial charge in [0.25, 0.3) is 11.5 Å². The summed E-state index contributed by atoms with van der Waals surface area (Å²) in [6, 6.07) is 7.24. The van der Waals surface area contributed by atoms with Crippen LogP contribution in [0.15, 0.2) is 35.3 Å². The lowest BCUT2D eigenvalue weighted by Crippen LogP contribution is -2.45. The quantitative estimate of drug-likeness (QED) is 0.731. The van der Waals surface area contributed by atoms with Crippen LogP contribution in [-0.2, 0) is 0 Å². The average molecular weight is 366 g/mol. The molecular weight excluding hydrogens is 344 g/mol. The summed E-state index contributed by atoms with van der Waals surface area (Å²) in [5.74, 6) is 0.495. The zero-order valence-electron chi connectivity index (χ0n) is 15.4. The molecule has 3 aromatic rings. The second-order valence-electron chi connectivity index (χ2n) is 6.92. The predicted molar refractivity (Wildman–Crippen MR) is 102 cm³/mol. The van der Waals surface area contributed by atoms with Gasteiger partial charge in [-0.15, -0.1) is 0 Å². The van der Waals surface area contributed by atoms with Gasteiger partial charge in [0, 0.05) is 37.1 Å². The smallest absolute Gasteiger partial charge is 0.270 e. The average Bonchev–Trinajstić information content (AvgIpc) is 2.97. The number of hydrogen-bond donors (Lipinski definition) is 2. The third kappa shape index (κ3) is 3.42. The molecular formula is C19H22N6O2. The van der Waals surface area contributed by atoms with Gasteiger partial charge in [-0.25, -0.2) is 9.97 Å². The van der Waals surface area contributed by atoms with Crippen molar-refractivity contribution < 1.29 is 4.79 Å². The van der Waals surface area contributed by atoms with E-state index in [0.717, 1.165) is 37.3 Å². The Kier molecular flexibility index (Phi) is 4.39. The molecule has 0 radical (unpaired) electrons. The van der Waals surface area contributed by atoms with Crippen molar-refractivity contribution in [2.45, 2.75) is 32.7 Å². The fraction of sp³-hybridized carbons (Fsp3) is 0.368. The Hall–Kier alpha value is -3.16. The van der Waals surface area contributed by atoms with Crippen LogP contribution in [0.4, 0.5) is 5.95 Å². The SMILES string of the molecule is Cc1cc(=O)[nH]c(N2CCC(NC(=O)c3c(C)nc4ccccn34)CC2)n1. The van der Waals surface area contributed by atoms with E-state index >= 15 is 0 Å². The molecule has 27 heavy (non-hydrogen) atoms. The van der Waals surface area contributed by atoms with E-state index in [0.29, 0.717) is 17.3 Å². The van der Waals surface area contributed by atoms with Crippen LogP contribution in [-0.4, -0.2) is 44.4 Å². The van der Waals surface area contributed by atoms with Crippen LogP contribution in [0.25, 0.3) is 5.65 Å². The molecule has 1 saturated heterocycles. The van der Waals surface area contributed by atoms with Crippen molar-refractivity contribution in [3.8, 4) is 0 Å². The lowest BCUT2D eigenvalue weighted by molar-refractivity contribution is 0.0924. The summed E-state index contributed by atoms with van der Waals surface area (Å²) in [5.41, 5.74) is 2.63. The molecule has 4 rings (SSSR count). The van der Waals surface area contributed by atoms with E-state index < -0.39 is 0 Å². The summed E-state index contributed by atoms with van der Waals surface area (Å²) in [4.78, 5) is 38.1. The number of pyridine rings is 1. The number of amides is 1. The van der Waals surface area contributed by atoms with Crippen molar-refractivity contribution in [2.75, 3.05) is 18.0 Å². The number of aromatic nitrogens is 4. The summed E-state index contributed by atoms with van der Waals surface area (Å²) in [5, 5.41) is 3.13. The summed E-state index contributed by atoms with van der Waals surface area (Å²) in [6.45, 7) is 5.11. The van der Waals surface area contributed by atoms with Crippen molar-refractivity contribution in [1.29, 1.82) is 0 Å². The standard InChI is InChI=1S/C19H22N6O2/c1-12-11-16(26)23-19(20-12)24-9-6-14(7-10-24)22-18(27)17-13(2)21-15-5-3-4-8-25(15)17/h3-5,8,11,14H,6-7,9-10H2,1-2H3,(H,22,27)(H,20,23,26). The topological polar surface area (TPSA) is 95.4 Å². The van der Waals surface area contributed by atoms with Gasteiger partial charge in [0.15, 0.2) is 0 Å². The molecule has 0 bridgehead atoms. The van der Waals surface area contributed by atoms with E-state index in [9.17, 15) is 9.59 Å². The fourth-order valence-electron chi connectivity index (χ4n) is 3.59. The van der Waals surface area contributed by atoms with Crippen molar-refractivity contribution in [3.05, 3.63) is 57.9 Å². The normalized spacial score (nSPS) is 15.3. The summed E-state index contributed by atoms with van der Waals surface area (Å²) >= 11 is 0. The van der Waals surface area contributed by atoms with Gasteiger partial charge >= 0.3 is 0 Å². The van der Waals surface area contributed by atoms with Crippen LogP contribution in [0.3, 0.4) is 0 Å². The van der Waals surface area contributed by atoms with Crippen LogP contribution in [0.1, 0.15) is 34.7 Å². The second kappa shape index (κ2) is 6.86. The third-order valence-electron chi connectivity index (χ3n) is 4.91. The number of nitrogens with zero attached hydrogens (tertiary/aromatic N) is 4. The number of fused-ring (bicyclic) bond motifs is 1. The van der Waals surface area contributed by atoms with Gasteiger partial charge in [0.2, 0.25) is 5.95 Å². The Morgan fingerprint density at radius 3 is 2.74 bits per heavy atom. The Labute approximate surface area is 156 Å². The first-order chi connectivity index (χ1) is 13.0. The maximum absolute atomic E-state index is 12.8. The molecule has 0 aromatic carbocycles. The number of piperidine rings is 1. The van der Waals surface area contributed by atoms with Crippen LogP contribution < -0.4 is 15.8 Å². The molecule has 8 heteroatoms. The molecule has 4 heterocycles. The third-order valence-corrected chi connectivity index (χ3v) is 4.91. The highest BCUT2D eigenvalue weighted by atomic mass is 16.2. The van der Waals surface area contributed by atoms with Gasteiger partial charge in [0.1, 0.15) is 11.3 Å². The fourth-order valence-corrected chi connectivity index (χ4v) is 3.59. The number of carbonyl (C=O) groups excluding carboxylic acids is 1. The summed E-state index contributed by atoms with van der Waals surface area (Å²) < 4.78 is 1.82. The number of imidazole rings is 1. The summed E-state index contributed by atoms with van der Waals surface area (Å²) in [7, 11) is 0. The van der Waals surface area contributed by atoms with Gasteiger partial charge in [-0.05, 0) is 38.8 Å². The Morgan fingerprint density at radius 1 is 1.22 bits per heavy atom. The molecule has 1 fully saturated rings. The van der Waals surface area contributed by atoms with Crippen molar-refractivity contribution in [1.82, 2.24) is 24.7 Å². The number of H-pyrrole nitrogens is 1. The van der Waals surface area contributed by atoms with E-state index in [1.165, 1.54) is 6.07 Å². The molecule has 3 aromatic heterocycles. The van der Waals surface area contributed by atoms with Gasteiger partial charge < -0.3 is 10.2 Å². The minimum atomic E-state index is -0.143. The molecule has 1 aliphatic heterocycles. The van der Waals surface area contributed by atoms with Crippen molar-refractivity contribution in [3.63, 3.8) is 0 Å². The van der Waals surface area contributed by atoms with Crippen LogP contribution >= 0.6 is 0 Å². The van der Waals surface area contributed by atoms with Gasteiger partial charge in [-0.1, -0.05) is 6.07 Å². The molecule has 0 spiro atoms. The minimum Gasteiger partial charge on any atom is -0.348 e. The lowest BCUT2D eigenvalue weighted by atomic mass is 10.1. The molecule has 0 unspecified atom stereocenters. The monoisotopic (exact) mass is 366 g/mol. The van der Waals surface area contributed by atoms with Crippen molar-refractivity contribution in [2.24, 2.45) is 0 Å². The number of rotatable bonds is 3. The lowest BCUT2D eigenvalue weighted by Gasteiger charge is -2.32. The van der Waals surface area contributed by atoms with E-state index in [4.69, 9.17) is 0 Å². The zero-order chi connectivity index (χ0) is 19.0. The molecule has 1 amide bonds. The molecule has 0 aliphatic carbocycles. The Balaban J connectivity index is 1.44. The first-order valence-corrected chi connectivity index (χ1v) is 9.09. The first-order valence-electron chi connectivity index (χ1n) is 9.09. The van der Waals surface area contributed by atoms with Crippen LogP contribution in [0, 0.1) is 13.8 Å². The highest BCUT2D eigenvalue weighted by molar-refractivity contribution is 5.94. The molecule has 8 nitrogen and oxygen atoms in total. The molecule has 0 saturated carbocycles. The number of hydrogen-bond acceptors (Lipinski definition) is 5. The van der Waals surface area contributed by atoms with Gasteiger partial charge in [-0.2, -0.15) is 0 Å². The highest BCUT2D eigenvalue weighted by Gasteiger charge is 2.24. The van der Waals surface area contributed by atoms with Crippen molar-refractivity contribution >= 4 is 17.5 Å². The van der Waals surface area contributed by atoms with E-state index in [1.54, 1.807) is 0 Å². The van der Waals surface area contributed by atoms with Gasteiger partial charge in [-0.3, -0.25) is 19.0 Å². The van der Waals surface area contributed by atoms with Crippen LogP contribution in [0.2, 0.25) is 0 Å². The number of nitrogens with one attached hydrogen (secondary N) is 2. The number of carbonyl (C=O) groups is 1. The molecule has 140 valence electrons. The minimum absolute atomic E-state index is 0.0824. The maximum atomic E-state index is 12.8. The Bertz CT molecular complexity index is 1050. The summed E-state index contributed by atoms with van der Waals surface area (Å²) in [6.07, 6.45) is 3.44. The maximum Gasteiger partial charge on any atom is 0.270 e. The Morgan fingerprint density at radius 2 is 2.00 bits per heavy atom. The molecule has 1 aliphatic rings. The number of aryl methyl sites for hydroxylation is 2. The first kappa shape index (κ1) is 17.3. The van der Waals surface area contributed by atoms with E-state index in [2.05, 4.69) is 25.2 Å². The molecule has 2 N–H and O–H groups in total. The zero-order valence-corrected chi connectivity index (χ0v) is 15.4.